The highest BCUT2D eigenvalue weighted by Crippen LogP contribution is 2.70. The van der Waals surface area contributed by atoms with Crippen molar-refractivity contribution in [2.75, 3.05) is 13.2 Å². The molecule has 5 aliphatic rings. The first kappa shape index (κ1) is 23.9. The van der Waals surface area contributed by atoms with Gasteiger partial charge in [-0.15, -0.1) is 0 Å². The van der Waals surface area contributed by atoms with Gasteiger partial charge in [-0.25, -0.2) is 0 Å². The Balaban J connectivity index is 1.51. The van der Waals surface area contributed by atoms with Crippen molar-refractivity contribution < 1.29 is 29.6 Å². The first-order chi connectivity index (χ1) is 17.0. The molecule has 1 aromatic carbocycles. The Kier molecular flexibility index (Phi) is 4.87. The number of ether oxygens (including phenoxy) is 1. The Bertz CT molecular complexity index is 1280. The molecule has 0 bridgehead atoms. The molecule has 1 aliphatic heterocycles. The highest BCUT2D eigenvalue weighted by Gasteiger charge is 2.71. The minimum absolute atomic E-state index is 0.00305. The number of aliphatic hydroxyl groups excluding tert-OH is 2. The second-order valence-corrected chi connectivity index (χ2v) is 12.7. The van der Waals surface area contributed by atoms with Crippen molar-refractivity contribution in [3.63, 3.8) is 0 Å². The third-order valence-corrected chi connectivity index (χ3v) is 10.3. The summed E-state index contributed by atoms with van der Waals surface area (Å²) in [4.78, 5) is 26.6. The fourth-order valence-corrected chi connectivity index (χ4v) is 7.94. The topological polar surface area (TPSA) is 104 Å². The zero-order chi connectivity index (χ0) is 25.8. The maximum atomic E-state index is 14.4. The summed E-state index contributed by atoms with van der Waals surface area (Å²) < 4.78 is 7.01. The Hall–Kier alpha value is -2.44. The van der Waals surface area contributed by atoms with Crippen LogP contribution in [0, 0.1) is 23.2 Å². The Labute approximate surface area is 212 Å². The number of aliphatic carboxylic acids is 1. The number of carbonyl (C=O) groups is 2. The monoisotopic (exact) mass is 492 g/mol. The molecule has 1 fully saturated rings. The lowest BCUT2D eigenvalue weighted by atomic mass is 9.63. The number of hydrogen-bond acceptors (Lipinski definition) is 5. The van der Waals surface area contributed by atoms with Crippen LogP contribution in [-0.2, 0) is 35.3 Å². The van der Waals surface area contributed by atoms with Crippen LogP contribution in [0.2, 0.25) is 0 Å². The van der Waals surface area contributed by atoms with Crippen LogP contribution in [0.5, 0.6) is 5.75 Å². The van der Waals surface area contributed by atoms with Crippen molar-refractivity contribution >= 4 is 11.8 Å². The number of rotatable bonds is 4. The van der Waals surface area contributed by atoms with Crippen LogP contribution in [0.15, 0.2) is 23.3 Å². The van der Waals surface area contributed by atoms with Crippen LogP contribution >= 0.6 is 0 Å². The van der Waals surface area contributed by atoms with E-state index in [0.29, 0.717) is 50.7 Å². The van der Waals surface area contributed by atoms with Gasteiger partial charge in [0.2, 0.25) is 5.78 Å². The Morgan fingerprint density at radius 3 is 2.28 bits per heavy atom. The maximum Gasteiger partial charge on any atom is 0.310 e. The number of hydrogen-bond donors (Lipinski definition) is 3. The summed E-state index contributed by atoms with van der Waals surface area (Å²) in [5.41, 5.74) is 5.13. The van der Waals surface area contributed by atoms with E-state index in [1.165, 1.54) is 0 Å². The SMILES string of the molecule is C=C1C2=C(CC(C)(CO)C2)C(=O)C2(CCc3c(CCO)c(C)c4c(c3O2)CC(C)(C(=O)O)C4)C12CC2. The smallest absolute Gasteiger partial charge is 0.310 e. The molecule has 1 heterocycles. The van der Waals surface area contributed by atoms with Crippen LogP contribution in [0.1, 0.15) is 73.8 Å². The van der Waals surface area contributed by atoms with Gasteiger partial charge in [-0.1, -0.05) is 13.5 Å². The number of carboxylic acids is 1. The summed E-state index contributed by atoms with van der Waals surface area (Å²) in [6.07, 6.45) is 5.38. The van der Waals surface area contributed by atoms with Gasteiger partial charge in [0.25, 0.3) is 0 Å². The van der Waals surface area contributed by atoms with Gasteiger partial charge in [-0.2, -0.15) is 0 Å². The third-order valence-electron chi connectivity index (χ3n) is 10.3. The normalized spacial score (nSPS) is 33.6. The van der Waals surface area contributed by atoms with Gasteiger partial charge in [-0.05, 0) is 116 Å². The van der Waals surface area contributed by atoms with Crippen LogP contribution < -0.4 is 4.74 Å². The van der Waals surface area contributed by atoms with Crippen LogP contribution in [-0.4, -0.2) is 45.9 Å². The minimum atomic E-state index is -1.03. The second-order valence-electron chi connectivity index (χ2n) is 12.7. The molecular formula is C30H36O6. The molecule has 6 nitrogen and oxygen atoms in total. The first-order valence-corrected chi connectivity index (χ1v) is 13.2. The molecule has 36 heavy (non-hydrogen) atoms. The molecule has 192 valence electrons. The number of aliphatic hydroxyl groups is 2. The fraction of sp³-hybridized carbons (Fsp3) is 0.600. The summed E-state index contributed by atoms with van der Waals surface area (Å²) in [7, 11) is 0. The molecule has 0 aromatic heterocycles. The maximum absolute atomic E-state index is 14.4. The van der Waals surface area contributed by atoms with E-state index in [1.54, 1.807) is 6.92 Å². The van der Waals surface area contributed by atoms with E-state index in [4.69, 9.17) is 4.74 Å². The van der Waals surface area contributed by atoms with Crippen molar-refractivity contribution in [2.24, 2.45) is 16.2 Å². The molecule has 2 spiro atoms. The largest absolute Gasteiger partial charge is 0.481 e. The average molecular weight is 493 g/mol. The van der Waals surface area contributed by atoms with E-state index < -0.39 is 22.4 Å². The molecule has 6 rings (SSSR count). The molecule has 3 atom stereocenters. The lowest BCUT2D eigenvalue weighted by molar-refractivity contribution is -0.147. The number of ketones is 1. The van der Waals surface area contributed by atoms with E-state index in [2.05, 4.69) is 6.58 Å². The van der Waals surface area contributed by atoms with Crippen molar-refractivity contribution in [3.05, 3.63) is 51.1 Å². The average Bonchev–Trinajstić information content (AvgIpc) is 3.47. The number of fused-ring (bicyclic) bond motifs is 4. The fourth-order valence-electron chi connectivity index (χ4n) is 7.94. The lowest BCUT2D eigenvalue weighted by Gasteiger charge is -2.48. The first-order valence-electron chi connectivity index (χ1n) is 13.2. The summed E-state index contributed by atoms with van der Waals surface area (Å²) >= 11 is 0. The van der Waals surface area contributed by atoms with Gasteiger partial charge >= 0.3 is 5.97 Å². The molecule has 6 heteroatoms. The van der Waals surface area contributed by atoms with E-state index >= 15 is 0 Å². The highest BCUT2D eigenvalue weighted by atomic mass is 16.5. The molecule has 0 amide bonds. The van der Waals surface area contributed by atoms with Gasteiger partial charge in [-0.3, -0.25) is 9.59 Å². The molecule has 3 N–H and O–H groups in total. The Morgan fingerprint density at radius 1 is 1.00 bits per heavy atom. The number of allylic oxidation sites excluding steroid dienone is 1. The Morgan fingerprint density at radius 2 is 1.67 bits per heavy atom. The molecule has 1 saturated carbocycles. The number of carbonyl (C=O) groups excluding carboxylic acids is 1. The summed E-state index contributed by atoms with van der Waals surface area (Å²) in [6, 6.07) is 0. The molecule has 0 saturated heterocycles. The number of carboxylic acid groups (broad SMARTS) is 1. The van der Waals surface area contributed by atoms with E-state index in [-0.39, 0.29) is 24.4 Å². The molecule has 4 aliphatic carbocycles. The zero-order valence-corrected chi connectivity index (χ0v) is 21.6. The van der Waals surface area contributed by atoms with Crippen molar-refractivity contribution in [2.45, 2.75) is 84.2 Å². The molecular weight excluding hydrogens is 456 g/mol. The molecule has 0 radical (unpaired) electrons. The van der Waals surface area contributed by atoms with Gasteiger partial charge in [0.15, 0.2) is 5.60 Å². The van der Waals surface area contributed by atoms with Gasteiger partial charge in [0.05, 0.1) is 5.41 Å². The molecule has 1 aromatic rings. The van der Waals surface area contributed by atoms with Crippen molar-refractivity contribution in [3.8, 4) is 5.75 Å². The summed E-state index contributed by atoms with van der Waals surface area (Å²) in [6.45, 7) is 10.4. The standard InChI is InChI=1S/C30H36O6/c1-16-18(6-10-31)19-5-7-30(36-24(19)22-14-28(4,26(34)35)13-20(16)22)25(33)23-12-27(3,15-32)11-21(23)17(2)29(30)8-9-29/h31-32H,2,5-15H2,1,3-4H3,(H,34,35). The van der Waals surface area contributed by atoms with Crippen LogP contribution in [0.4, 0.5) is 0 Å². The van der Waals surface area contributed by atoms with Gasteiger partial charge < -0.3 is 20.1 Å². The summed E-state index contributed by atoms with van der Waals surface area (Å²) in [5, 5.41) is 29.9. The third kappa shape index (κ3) is 2.80. The van der Waals surface area contributed by atoms with Gasteiger partial charge in [0.1, 0.15) is 5.75 Å². The van der Waals surface area contributed by atoms with E-state index in [0.717, 1.165) is 57.4 Å². The van der Waals surface area contributed by atoms with Crippen molar-refractivity contribution in [1.29, 1.82) is 0 Å². The summed E-state index contributed by atoms with van der Waals surface area (Å²) in [5.74, 6) is -0.0946. The molecule has 3 unspecified atom stereocenters. The zero-order valence-electron chi connectivity index (χ0n) is 21.6. The predicted octanol–water partition coefficient (Wildman–Crippen LogP) is 3.79. The quantitative estimate of drug-likeness (QED) is 0.591. The van der Waals surface area contributed by atoms with E-state index in [9.17, 15) is 24.9 Å². The number of Topliss-reactive ketones (excluding diaryl/α,β-unsaturated/α-hetero) is 1. The van der Waals surface area contributed by atoms with Crippen molar-refractivity contribution in [1.82, 2.24) is 0 Å². The minimum Gasteiger partial charge on any atom is -0.481 e. The van der Waals surface area contributed by atoms with E-state index in [1.807, 2.05) is 13.8 Å². The number of benzene rings is 1. The highest BCUT2D eigenvalue weighted by molar-refractivity contribution is 6.07. The van der Waals surface area contributed by atoms with Crippen LogP contribution in [0.25, 0.3) is 0 Å². The second kappa shape index (κ2) is 7.32. The lowest BCUT2D eigenvalue weighted by Crippen LogP contribution is -2.58. The van der Waals surface area contributed by atoms with Gasteiger partial charge in [0, 0.05) is 24.2 Å². The predicted molar refractivity (Wildman–Crippen MR) is 134 cm³/mol. The van der Waals surface area contributed by atoms with Crippen LogP contribution in [0.3, 0.4) is 0 Å².